The molecule has 1 aliphatic rings. The summed E-state index contributed by atoms with van der Waals surface area (Å²) in [4.78, 5) is 26.6. The lowest BCUT2D eigenvalue weighted by Crippen LogP contribution is -2.56. The van der Waals surface area contributed by atoms with Gasteiger partial charge in [0.1, 0.15) is 5.54 Å². The molecule has 0 bridgehead atoms. The summed E-state index contributed by atoms with van der Waals surface area (Å²) < 4.78 is 0. The zero-order valence-electron chi connectivity index (χ0n) is 15.0. The number of nitrogens with zero attached hydrogens (tertiary/aromatic N) is 1. The second kappa shape index (κ2) is 6.36. The van der Waals surface area contributed by atoms with Gasteiger partial charge in [0.15, 0.2) is 0 Å². The van der Waals surface area contributed by atoms with Crippen LogP contribution >= 0.6 is 0 Å². The first kappa shape index (κ1) is 17.2. The number of aryl methyl sites for hydroxylation is 1. The molecule has 2 atom stereocenters. The van der Waals surface area contributed by atoms with Crippen LogP contribution < -0.4 is 5.73 Å². The van der Waals surface area contributed by atoms with Gasteiger partial charge in [-0.2, -0.15) is 0 Å². The molecule has 0 aliphatic carbocycles. The third kappa shape index (κ3) is 2.82. The van der Waals surface area contributed by atoms with Crippen LogP contribution in [0.15, 0.2) is 48.5 Å². The van der Waals surface area contributed by atoms with Gasteiger partial charge in [-0.1, -0.05) is 43.3 Å². The zero-order chi connectivity index (χ0) is 18.2. The quantitative estimate of drug-likeness (QED) is 0.934. The molecule has 2 aromatic rings. The molecule has 2 N–H and O–H groups in total. The smallest absolute Gasteiger partial charge is 0.254 e. The minimum Gasteiger partial charge on any atom is -0.368 e. The first-order valence-corrected chi connectivity index (χ1v) is 8.63. The van der Waals surface area contributed by atoms with Crippen LogP contribution in [0.5, 0.6) is 0 Å². The van der Waals surface area contributed by atoms with E-state index in [1.54, 1.807) is 11.8 Å². The van der Waals surface area contributed by atoms with E-state index in [-0.39, 0.29) is 11.8 Å². The first-order chi connectivity index (χ1) is 11.9. The van der Waals surface area contributed by atoms with Gasteiger partial charge in [0.2, 0.25) is 5.91 Å². The molecule has 2 aromatic carbocycles. The Labute approximate surface area is 148 Å². The van der Waals surface area contributed by atoms with E-state index >= 15 is 0 Å². The molecule has 1 fully saturated rings. The van der Waals surface area contributed by atoms with Gasteiger partial charge in [-0.15, -0.1) is 0 Å². The standard InChI is InChI=1S/C21H24N2O2/c1-14-6-4-5-7-18(14)16-8-10-17(11-9-16)19(24)23-13-12-15(2)21(23,3)20(22)25/h4-11,15H,12-13H2,1-3H3,(H2,22,25). The van der Waals surface area contributed by atoms with Crippen LogP contribution in [0.2, 0.25) is 0 Å². The molecule has 3 rings (SSSR count). The summed E-state index contributed by atoms with van der Waals surface area (Å²) >= 11 is 0. The second-order valence-corrected chi connectivity index (χ2v) is 7.05. The summed E-state index contributed by atoms with van der Waals surface area (Å²) in [5.74, 6) is -0.524. The van der Waals surface area contributed by atoms with E-state index in [4.69, 9.17) is 5.73 Å². The number of amides is 2. The number of nitrogens with two attached hydrogens (primary N) is 1. The molecular formula is C21H24N2O2. The van der Waals surface area contributed by atoms with E-state index in [2.05, 4.69) is 19.1 Å². The Balaban J connectivity index is 1.89. The molecule has 1 heterocycles. The fourth-order valence-corrected chi connectivity index (χ4v) is 3.64. The number of hydrogen-bond acceptors (Lipinski definition) is 2. The zero-order valence-corrected chi connectivity index (χ0v) is 15.0. The second-order valence-electron chi connectivity index (χ2n) is 7.05. The Morgan fingerprint density at radius 2 is 1.76 bits per heavy atom. The molecule has 1 saturated heterocycles. The summed E-state index contributed by atoms with van der Waals surface area (Å²) in [6.07, 6.45) is 0.784. The molecule has 2 unspecified atom stereocenters. The van der Waals surface area contributed by atoms with Gasteiger partial charge in [-0.3, -0.25) is 9.59 Å². The van der Waals surface area contributed by atoms with E-state index in [0.29, 0.717) is 12.1 Å². The van der Waals surface area contributed by atoms with Crippen molar-refractivity contribution in [3.05, 3.63) is 59.7 Å². The average molecular weight is 336 g/mol. The molecule has 130 valence electrons. The van der Waals surface area contributed by atoms with E-state index in [1.807, 2.05) is 43.3 Å². The Hall–Kier alpha value is -2.62. The molecule has 4 nitrogen and oxygen atoms in total. The lowest BCUT2D eigenvalue weighted by molar-refractivity contribution is -0.128. The third-order valence-corrected chi connectivity index (χ3v) is 5.64. The number of benzene rings is 2. The maximum atomic E-state index is 12.9. The van der Waals surface area contributed by atoms with Crippen molar-refractivity contribution in [1.82, 2.24) is 4.90 Å². The fourth-order valence-electron chi connectivity index (χ4n) is 3.64. The topological polar surface area (TPSA) is 63.4 Å². The Bertz CT molecular complexity index is 813. The molecule has 2 amide bonds. The van der Waals surface area contributed by atoms with Crippen LogP contribution in [0.4, 0.5) is 0 Å². The maximum Gasteiger partial charge on any atom is 0.254 e. The van der Waals surface area contributed by atoms with E-state index in [1.165, 1.54) is 5.56 Å². The van der Waals surface area contributed by atoms with Crippen molar-refractivity contribution in [2.45, 2.75) is 32.7 Å². The van der Waals surface area contributed by atoms with Crippen LogP contribution in [0, 0.1) is 12.8 Å². The molecule has 0 aromatic heterocycles. The average Bonchev–Trinajstić information content (AvgIpc) is 2.91. The number of rotatable bonds is 3. The van der Waals surface area contributed by atoms with E-state index < -0.39 is 11.4 Å². The predicted molar refractivity (Wildman–Crippen MR) is 99.0 cm³/mol. The number of likely N-dealkylation sites (tertiary alicyclic amines) is 1. The van der Waals surface area contributed by atoms with Crippen LogP contribution in [-0.2, 0) is 4.79 Å². The van der Waals surface area contributed by atoms with Gasteiger partial charge >= 0.3 is 0 Å². The Kier molecular flexibility index (Phi) is 4.38. The van der Waals surface area contributed by atoms with E-state index in [0.717, 1.165) is 17.5 Å². The fraction of sp³-hybridized carbons (Fsp3) is 0.333. The normalized spacial score (nSPS) is 22.8. The lowest BCUT2D eigenvalue weighted by Gasteiger charge is -2.35. The Morgan fingerprint density at radius 3 is 2.36 bits per heavy atom. The van der Waals surface area contributed by atoms with Crippen molar-refractivity contribution in [1.29, 1.82) is 0 Å². The van der Waals surface area contributed by atoms with Crippen molar-refractivity contribution in [3.63, 3.8) is 0 Å². The number of primary amides is 1. The highest BCUT2D eigenvalue weighted by atomic mass is 16.2. The summed E-state index contributed by atoms with van der Waals surface area (Å²) in [6.45, 7) is 6.36. The van der Waals surface area contributed by atoms with Crippen molar-refractivity contribution in [2.24, 2.45) is 11.7 Å². The summed E-state index contributed by atoms with van der Waals surface area (Å²) in [6, 6.07) is 15.7. The van der Waals surface area contributed by atoms with Gasteiger partial charge in [-0.25, -0.2) is 0 Å². The van der Waals surface area contributed by atoms with E-state index in [9.17, 15) is 9.59 Å². The molecule has 4 heteroatoms. The molecular weight excluding hydrogens is 312 g/mol. The van der Waals surface area contributed by atoms with Gasteiger partial charge in [0, 0.05) is 12.1 Å². The number of carbonyl (C=O) groups excluding carboxylic acids is 2. The molecule has 0 radical (unpaired) electrons. The SMILES string of the molecule is Cc1ccccc1-c1ccc(C(=O)N2CCC(C)C2(C)C(N)=O)cc1. The van der Waals surface area contributed by atoms with Gasteiger partial charge in [0.25, 0.3) is 5.91 Å². The molecule has 25 heavy (non-hydrogen) atoms. The Morgan fingerprint density at radius 1 is 1.12 bits per heavy atom. The molecule has 0 spiro atoms. The predicted octanol–water partition coefficient (Wildman–Crippen LogP) is 3.39. The van der Waals surface area contributed by atoms with Crippen molar-refractivity contribution in [3.8, 4) is 11.1 Å². The largest absolute Gasteiger partial charge is 0.368 e. The summed E-state index contributed by atoms with van der Waals surface area (Å²) in [7, 11) is 0. The van der Waals surface area contributed by atoms with Crippen molar-refractivity contribution < 1.29 is 9.59 Å². The maximum absolute atomic E-state index is 12.9. The highest BCUT2D eigenvalue weighted by Gasteiger charge is 2.49. The summed E-state index contributed by atoms with van der Waals surface area (Å²) in [5, 5.41) is 0. The van der Waals surface area contributed by atoms with Crippen LogP contribution in [0.1, 0.15) is 36.2 Å². The van der Waals surface area contributed by atoms with Crippen molar-refractivity contribution >= 4 is 11.8 Å². The van der Waals surface area contributed by atoms with Gasteiger partial charge < -0.3 is 10.6 Å². The highest BCUT2D eigenvalue weighted by molar-refractivity contribution is 5.99. The van der Waals surface area contributed by atoms with Gasteiger partial charge in [-0.05, 0) is 55.0 Å². The summed E-state index contributed by atoms with van der Waals surface area (Å²) in [5.41, 5.74) is 8.68. The van der Waals surface area contributed by atoms with Crippen LogP contribution in [-0.4, -0.2) is 28.8 Å². The minimum absolute atomic E-state index is 0.0557. The first-order valence-electron chi connectivity index (χ1n) is 8.63. The lowest BCUT2D eigenvalue weighted by atomic mass is 9.87. The highest BCUT2D eigenvalue weighted by Crippen LogP contribution is 2.35. The van der Waals surface area contributed by atoms with Crippen LogP contribution in [0.3, 0.4) is 0 Å². The third-order valence-electron chi connectivity index (χ3n) is 5.64. The monoisotopic (exact) mass is 336 g/mol. The molecule has 0 saturated carbocycles. The van der Waals surface area contributed by atoms with Crippen LogP contribution in [0.25, 0.3) is 11.1 Å². The minimum atomic E-state index is -0.925. The molecule has 1 aliphatic heterocycles. The van der Waals surface area contributed by atoms with Crippen molar-refractivity contribution in [2.75, 3.05) is 6.54 Å². The van der Waals surface area contributed by atoms with Gasteiger partial charge in [0.05, 0.1) is 0 Å². The number of carbonyl (C=O) groups is 2. The number of hydrogen-bond donors (Lipinski definition) is 1.